The van der Waals surface area contributed by atoms with Gasteiger partial charge in [-0.2, -0.15) is 0 Å². The summed E-state index contributed by atoms with van der Waals surface area (Å²) in [4.78, 5) is 12.2. The average molecular weight is 317 g/mol. The van der Waals surface area contributed by atoms with Crippen molar-refractivity contribution < 1.29 is 9.00 Å². The molecule has 0 spiro atoms. The van der Waals surface area contributed by atoms with E-state index in [2.05, 4.69) is 10.6 Å². The van der Waals surface area contributed by atoms with Crippen LogP contribution in [0.5, 0.6) is 0 Å². The number of halogens is 1. The van der Waals surface area contributed by atoms with Gasteiger partial charge in [-0.1, -0.05) is 18.5 Å². The minimum absolute atomic E-state index is 0.0721. The van der Waals surface area contributed by atoms with Gasteiger partial charge in [0.15, 0.2) is 0 Å². The summed E-state index contributed by atoms with van der Waals surface area (Å²) in [6.07, 6.45) is 2.36. The van der Waals surface area contributed by atoms with Gasteiger partial charge in [0, 0.05) is 46.1 Å². The van der Waals surface area contributed by atoms with Crippen LogP contribution in [0.3, 0.4) is 0 Å². The highest BCUT2D eigenvalue weighted by atomic mass is 35.5. The molecule has 4 nitrogen and oxygen atoms in total. The highest BCUT2D eigenvalue weighted by molar-refractivity contribution is 7.84. The molecule has 0 aliphatic rings. The Morgan fingerprint density at radius 1 is 1.45 bits per heavy atom. The summed E-state index contributed by atoms with van der Waals surface area (Å²) in [5.74, 6) is -0.169. The third-order valence-corrected chi connectivity index (χ3v) is 4.60. The van der Waals surface area contributed by atoms with E-state index in [1.807, 2.05) is 13.8 Å². The lowest BCUT2D eigenvalue weighted by atomic mass is 10.1. The molecule has 0 bridgehead atoms. The third kappa shape index (κ3) is 5.13. The normalized spacial score (nSPS) is 13.6. The molecule has 20 heavy (non-hydrogen) atoms. The maximum absolute atomic E-state index is 12.2. The van der Waals surface area contributed by atoms with Crippen molar-refractivity contribution in [1.82, 2.24) is 5.32 Å². The van der Waals surface area contributed by atoms with Gasteiger partial charge in [0.2, 0.25) is 0 Å². The van der Waals surface area contributed by atoms with Crippen LogP contribution in [0, 0.1) is 0 Å². The zero-order chi connectivity index (χ0) is 15.1. The van der Waals surface area contributed by atoms with Crippen LogP contribution in [0.1, 0.15) is 30.6 Å². The standard InChI is InChI=1S/C14H21ClN2O2S/c1-4-16-13-6-5-11(15)9-12(13)14(18)17-8-7-10(2)20(3)19/h5-6,9-10,16H,4,7-8H2,1-3H3,(H,17,18). The van der Waals surface area contributed by atoms with E-state index in [0.29, 0.717) is 23.6 Å². The first-order chi connectivity index (χ1) is 9.45. The second-order valence-electron chi connectivity index (χ2n) is 4.57. The summed E-state index contributed by atoms with van der Waals surface area (Å²) < 4.78 is 11.2. The number of hydrogen-bond donors (Lipinski definition) is 2. The molecule has 2 unspecified atom stereocenters. The molecule has 2 N–H and O–H groups in total. The molecule has 2 atom stereocenters. The first-order valence-corrected chi connectivity index (χ1v) is 8.59. The molecule has 1 aromatic rings. The summed E-state index contributed by atoms with van der Waals surface area (Å²) in [7, 11) is -0.865. The number of carbonyl (C=O) groups excluding carboxylic acids is 1. The van der Waals surface area contributed by atoms with E-state index in [1.54, 1.807) is 24.5 Å². The molecule has 0 saturated heterocycles. The van der Waals surface area contributed by atoms with Crippen LogP contribution in [-0.2, 0) is 10.8 Å². The van der Waals surface area contributed by atoms with Crippen molar-refractivity contribution >= 4 is 34.0 Å². The fourth-order valence-corrected chi connectivity index (χ4v) is 2.32. The maximum atomic E-state index is 12.2. The number of amides is 1. The first kappa shape index (κ1) is 17.0. The SMILES string of the molecule is CCNc1ccc(Cl)cc1C(=O)NCCC(C)S(C)=O. The zero-order valence-corrected chi connectivity index (χ0v) is 13.6. The molecule has 6 heteroatoms. The summed E-state index contributed by atoms with van der Waals surface area (Å²) in [5.41, 5.74) is 1.30. The van der Waals surface area contributed by atoms with Crippen molar-refractivity contribution in [1.29, 1.82) is 0 Å². The lowest BCUT2D eigenvalue weighted by Gasteiger charge is -2.13. The van der Waals surface area contributed by atoms with E-state index in [9.17, 15) is 9.00 Å². The van der Waals surface area contributed by atoms with Gasteiger partial charge in [-0.3, -0.25) is 9.00 Å². The van der Waals surface area contributed by atoms with Crippen LogP contribution in [0.15, 0.2) is 18.2 Å². The van der Waals surface area contributed by atoms with E-state index in [0.717, 1.165) is 12.2 Å². The smallest absolute Gasteiger partial charge is 0.253 e. The molecule has 0 heterocycles. The Hall–Kier alpha value is -1.07. The molecule has 0 aliphatic heterocycles. The van der Waals surface area contributed by atoms with Crippen LogP contribution >= 0.6 is 11.6 Å². The van der Waals surface area contributed by atoms with Crippen LogP contribution in [0.4, 0.5) is 5.69 Å². The largest absolute Gasteiger partial charge is 0.385 e. The maximum Gasteiger partial charge on any atom is 0.253 e. The molecule has 112 valence electrons. The topological polar surface area (TPSA) is 58.2 Å². The van der Waals surface area contributed by atoms with Gasteiger partial charge < -0.3 is 10.6 Å². The quantitative estimate of drug-likeness (QED) is 0.813. The Balaban J connectivity index is 2.67. The Morgan fingerprint density at radius 3 is 2.75 bits per heavy atom. The second kappa shape index (κ2) is 8.27. The number of carbonyl (C=O) groups is 1. The number of nitrogens with one attached hydrogen (secondary N) is 2. The third-order valence-electron chi connectivity index (χ3n) is 3.00. The Bertz CT molecular complexity index is 494. The highest BCUT2D eigenvalue weighted by Crippen LogP contribution is 2.20. The van der Waals surface area contributed by atoms with Crippen LogP contribution in [0.25, 0.3) is 0 Å². The minimum Gasteiger partial charge on any atom is -0.385 e. The zero-order valence-electron chi connectivity index (χ0n) is 12.0. The van der Waals surface area contributed by atoms with Gasteiger partial charge in [-0.15, -0.1) is 0 Å². The Kier molecular flexibility index (Phi) is 7.02. The van der Waals surface area contributed by atoms with E-state index >= 15 is 0 Å². The van der Waals surface area contributed by atoms with Gasteiger partial charge in [-0.05, 0) is 31.5 Å². The average Bonchev–Trinajstić information content (AvgIpc) is 2.40. The van der Waals surface area contributed by atoms with Gasteiger partial charge in [-0.25, -0.2) is 0 Å². The molecule has 0 radical (unpaired) electrons. The van der Waals surface area contributed by atoms with Crippen LogP contribution in [-0.4, -0.2) is 34.7 Å². The Morgan fingerprint density at radius 2 is 2.15 bits per heavy atom. The molecule has 0 saturated carbocycles. The molecule has 0 aromatic heterocycles. The minimum atomic E-state index is -0.865. The monoisotopic (exact) mass is 316 g/mol. The van der Waals surface area contributed by atoms with E-state index in [1.165, 1.54) is 0 Å². The lowest BCUT2D eigenvalue weighted by molar-refractivity contribution is 0.0954. The molecule has 0 fully saturated rings. The molecular weight excluding hydrogens is 296 g/mol. The molecule has 0 aliphatic carbocycles. The van der Waals surface area contributed by atoms with Crippen LogP contribution < -0.4 is 10.6 Å². The molecule has 1 aromatic carbocycles. The van der Waals surface area contributed by atoms with Gasteiger partial charge in [0.1, 0.15) is 0 Å². The van der Waals surface area contributed by atoms with Crippen molar-refractivity contribution in [2.75, 3.05) is 24.7 Å². The second-order valence-corrected chi connectivity index (χ2v) is 6.81. The van der Waals surface area contributed by atoms with Gasteiger partial charge in [0.25, 0.3) is 5.91 Å². The summed E-state index contributed by atoms with van der Waals surface area (Å²) >= 11 is 5.94. The van der Waals surface area contributed by atoms with E-state index < -0.39 is 10.8 Å². The molecule has 1 amide bonds. The number of anilines is 1. The molecular formula is C14H21ClN2O2S. The van der Waals surface area contributed by atoms with Crippen molar-refractivity contribution in [2.45, 2.75) is 25.5 Å². The number of benzene rings is 1. The first-order valence-electron chi connectivity index (χ1n) is 6.59. The van der Waals surface area contributed by atoms with Gasteiger partial charge in [0.05, 0.1) is 5.56 Å². The number of hydrogen-bond acceptors (Lipinski definition) is 3. The number of rotatable bonds is 7. The van der Waals surface area contributed by atoms with Crippen molar-refractivity contribution in [3.63, 3.8) is 0 Å². The van der Waals surface area contributed by atoms with E-state index in [4.69, 9.17) is 11.6 Å². The summed E-state index contributed by atoms with van der Waals surface area (Å²) in [6.45, 7) is 5.10. The van der Waals surface area contributed by atoms with E-state index in [-0.39, 0.29) is 11.2 Å². The summed E-state index contributed by atoms with van der Waals surface area (Å²) in [5, 5.41) is 6.57. The lowest BCUT2D eigenvalue weighted by Crippen LogP contribution is -2.28. The van der Waals surface area contributed by atoms with Gasteiger partial charge >= 0.3 is 0 Å². The summed E-state index contributed by atoms with van der Waals surface area (Å²) in [6, 6.07) is 5.19. The fraction of sp³-hybridized carbons (Fsp3) is 0.500. The predicted octanol–water partition coefficient (Wildman–Crippen LogP) is 2.66. The van der Waals surface area contributed by atoms with Crippen LogP contribution in [0.2, 0.25) is 5.02 Å². The highest BCUT2D eigenvalue weighted by Gasteiger charge is 2.12. The predicted molar refractivity (Wildman–Crippen MR) is 86.1 cm³/mol. The van der Waals surface area contributed by atoms with Crippen molar-refractivity contribution in [3.05, 3.63) is 28.8 Å². The fourth-order valence-electron chi connectivity index (χ4n) is 1.70. The van der Waals surface area contributed by atoms with Crippen molar-refractivity contribution in [3.8, 4) is 0 Å². The molecule has 1 rings (SSSR count). The van der Waals surface area contributed by atoms with Crippen molar-refractivity contribution in [2.24, 2.45) is 0 Å². The Labute approximate surface area is 127 Å².